The molecule has 0 saturated heterocycles. The maximum Gasteiger partial charge on any atom is 0.137 e. The molecule has 0 aliphatic rings. The molecule has 16 heavy (non-hydrogen) atoms. The number of methoxy groups -OCH3 is 1. The number of nitrogens with zero attached hydrogens (tertiary/aromatic N) is 1. The molecular weight excluding hydrogens is 220 g/mol. The summed E-state index contributed by atoms with van der Waals surface area (Å²) in [4.78, 5) is 4.27. The van der Waals surface area contributed by atoms with Crippen molar-refractivity contribution in [1.29, 1.82) is 0 Å². The van der Waals surface area contributed by atoms with Gasteiger partial charge in [0.15, 0.2) is 0 Å². The van der Waals surface area contributed by atoms with Crippen molar-refractivity contribution in [2.45, 2.75) is 26.3 Å². The molecule has 0 fully saturated rings. The molecule has 1 aromatic rings. The third-order valence-corrected chi connectivity index (χ3v) is 3.20. The van der Waals surface area contributed by atoms with Crippen LogP contribution in [0.2, 0.25) is 0 Å². The minimum atomic E-state index is 0.458. The smallest absolute Gasteiger partial charge is 0.137 e. The van der Waals surface area contributed by atoms with Crippen molar-refractivity contribution in [1.82, 2.24) is 4.98 Å². The molecule has 0 aliphatic heterocycles. The van der Waals surface area contributed by atoms with E-state index in [1.165, 1.54) is 11.5 Å². The van der Waals surface area contributed by atoms with Crippen LogP contribution in [-0.4, -0.2) is 29.6 Å². The summed E-state index contributed by atoms with van der Waals surface area (Å²) in [5, 5.41) is 3.37. The predicted octanol–water partition coefficient (Wildman–Crippen LogP) is 3.03. The number of rotatable bonds is 7. The SMILES string of the molecule is CCSCCC(C)Nc1ccc(OC)cn1. The van der Waals surface area contributed by atoms with Gasteiger partial charge in [-0.25, -0.2) is 4.98 Å². The van der Waals surface area contributed by atoms with Crippen LogP contribution in [0.25, 0.3) is 0 Å². The van der Waals surface area contributed by atoms with E-state index >= 15 is 0 Å². The molecule has 0 bridgehead atoms. The van der Waals surface area contributed by atoms with Gasteiger partial charge in [0.1, 0.15) is 11.6 Å². The Bertz CT molecular complexity index is 290. The second-order valence-corrected chi connectivity index (χ2v) is 5.01. The molecule has 3 nitrogen and oxygen atoms in total. The summed E-state index contributed by atoms with van der Waals surface area (Å²) in [6.07, 6.45) is 2.89. The van der Waals surface area contributed by atoms with Gasteiger partial charge in [0.05, 0.1) is 13.3 Å². The highest BCUT2D eigenvalue weighted by Crippen LogP contribution is 2.13. The minimum Gasteiger partial charge on any atom is -0.495 e. The average Bonchev–Trinajstić information content (AvgIpc) is 2.30. The monoisotopic (exact) mass is 240 g/mol. The van der Waals surface area contributed by atoms with Crippen molar-refractivity contribution >= 4 is 17.6 Å². The van der Waals surface area contributed by atoms with Crippen molar-refractivity contribution < 1.29 is 4.74 Å². The number of hydrogen-bond donors (Lipinski definition) is 1. The number of hydrogen-bond acceptors (Lipinski definition) is 4. The highest BCUT2D eigenvalue weighted by atomic mass is 32.2. The van der Waals surface area contributed by atoms with Crippen molar-refractivity contribution in [3.05, 3.63) is 18.3 Å². The highest BCUT2D eigenvalue weighted by Gasteiger charge is 2.02. The van der Waals surface area contributed by atoms with Crippen LogP contribution in [0.1, 0.15) is 20.3 Å². The quantitative estimate of drug-likeness (QED) is 0.743. The van der Waals surface area contributed by atoms with E-state index in [1.807, 2.05) is 23.9 Å². The molecule has 1 aromatic heterocycles. The van der Waals surface area contributed by atoms with Crippen molar-refractivity contribution in [2.24, 2.45) is 0 Å². The maximum atomic E-state index is 5.06. The van der Waals surface area contributed by atoms with Crippen molar-refractivity contribution in [3.8, 4) is 5.75 Å². The molecule has 0 aromatic carbocycles. The molecule has 1 atom stereocenters. The third-order valence-electron chi connectivity index (χ3n) is 2.27. The van der Waals surface area contributed by atoms with E-state index in [0.29, 0.717) is 6.04 Å². The van der Waals surface area contributed by atoms with Crippen LogP contribution in [-0.2, 0) is 0 Å². The second-order valence-electron chi connectivity index (χ2n) is 3.61. The molecule has 1 N–H and O–H groups in total. The molecule has 0 spiro atoms. The van der Waals surface area contributed by atoms with E-state index < -0.39 is 0 Å². The Kier molecular flexibility index (Phi) is 6.08. The molecule has 1 rings (SSSR count). The Labute approximate surface area is 102 Å². The highest BCUT2D eigenvalue weighted by molar-refractivity contribution is 7.99. The zero-order chi connectivity index (χ0) is 11.8. The molecule has 0 aliphatic carbocycles. The second kappa shape index (κ2) is 7.39. The van der Waals surface area contributed by atoms with Crippen LogP contribution in [0.3, 0.4) is 0 Å². The van der Waals surface area contributed by atoms with Gasteiger partial charge >= 0.3 is 0 Å². The summed E-state index contributed by atoms with van der Waals surface area (Å²) in [6.45, 7) is 4.37. The topological polar surface area (TPSA) is 34.1 Å². The largest absolute Gasteiger partial charge is 0.495 e. The summed E-state index contributed by atoms with van der Waals surface area (Å²) in [5.41, 5.74) is 0. The Morgan fingerprint density at radius 2 is 2.31 bits per heavy atom. The standard InChI is InChI=1S/C12H20N2OS/c1-4-16-8-7-10(2)14-12-6-5-11(15-3)9-13-12/h5-6,9-10H,4,7-8H2,1-3H3,(H,13,14). The van der Waals surface area contributed by atoms with Gasteiger partial charge in [-0.15, -0.1) is 0 Å². The molecule has 1 unspecified atom stereocenters. The summed E-state index contributed by atoms with van der Waals surface area (Å²) in [5.74, 6) is 4.09. The fraction of sp³-hybridized carbons (Fsp3) is 0.583. The number of pyridine rings is 1. The van der Waals surface area contributed by atoms with Crippen LogP contribution in [0.4, 0.5) is 5.82 Å². The first kappa shape index (κ1) is 13.2. The van der Waals surface area contributed by atoms with E-state index in [2.05, 4.69) is 24.1 Å². The van der Waals surface area contributed by atoms with Crippen molar-refractivity contribution in [3.63, 3.8) is 0 Å². The average molecular weight is 240 g/mol. The number of ether oxygens (including phenoxy) is 1. The fourth-order valence-corrected chi connectivity index (χ4v) is 2.12. The van der Waals surface area contributed by atoms with E-state index in [1.54, 1.807) is 13.3 Å². The first-order chi connectivity index (χ1) is 7.76. The minimum absolute atomic E-state index is 0.458. The first-order valence-electron chi connectivity index (χ1n) is 5.60. The Balaban J connectivity index is 2.34. The summed E-state index contributed by atoms with van der Waals surface area (Å²) >= 11 is 1.97. The summed E-state index contributed by atoms with van der Waals surface area (Å²) in [7, 11) is 1.65. The van der Waals surface area contributed by atoms with Crippen LogP contribution in [0, 0.1) is 0 Å². The number of aromatic nitrogens is 1. The van der Waals surface area contributed by atoms with Gasteiger partial charge in [-0.2, -0.15) is 11.8 Å². The van der Waals surface area contributed by atoms with Gasteiger partial charge in [0.2, 0.25) is 0 Å². The zero-order valence-electron chi connectivity index (χ0n) is 10.2. The summed E-state index contributed by atoms with van der Waals surface area (Å²) < 4.78 is 5.06. The number of nitrogens with one attached hydrogen (secondary N) is 1. The number of anilines is 1. The molecule has 0 radical (unpaired) electrons. The van der Waals surface area contributed by atoms with E-state index in [-0.39, 0.29) is 0 Å². The summed E-state index contributed by atoms with van der Waals surface area (Å²) in [6, 6.07) is 4.32. The Morgan fingerprint density at radius 3 is 2.88 bits per heavy atom. The van der Waals surface area contributed by atoms with Gasteiger partial charge in [-0.05, 0) is 37.0 Å². The van der Waals surface area contributed by atoms with Crippen LogP contribution in [0.15, 0.2) is 18.3 Å². The lowest BCUT2D eigenvalue weighted by Gasteiger charge is -2.14. The molecule has 1 heterocycles. The molecule has 0 saturated carbocycles. The lowest BCUT2D eigenvalue weighted by molar-refractivity contribution is 0.413. The maximum absolute atomic E-state index is 5.06. The van der Waals surface area contributed by atoms with Crippen LogP contribution in [0.5, 0.6) is 5.75 Å². The third kappa shape index (κ3) is 4.75. The fourth-order valence-electron chi connectivity index (χ4n) is 1.32. The molecular formula is C12H20N2OS. The van der Waals surface area contributed by atoms with Crippen LogP contribution >= 0.6 is 11.8 Å². The van der Waals surface area contributed by atoms with Gasteiger partial charge in [0.25, 0.3) is 0 Å². The molecule has 4 heteroatoms. The number of thioether (sulfide) groups is 1. The van der Waals surface area contributed by atoms with Gasteiger partial charge in [0, 0.05) is 6.04 Å². The van der Waals surface area contributed by atoms with E-state index in [4.69, 9.17) is 4.74 Å². The van der Waals surface area contributed by atoms with Gasteiger partial charge in [-0.1, -0.05) is 6.92 Å². The predicted molar refractivity (Wildman–Crippen MR) is 71.5 cm³/mol. The van der Waals surface area contributed by atoms with Gasteiger partial charge < -0.3 is 10.1 Å². The van der Waals surface area contributed by atoms with Gasteiger partial charge in [-0.3, -0.25) is 0 Å². The normalized spacial score (nSPS) is 12.2. The van der Waals surface area contributed by atoms with Crippen molar-refractivity contribution in [2.75, 3.05) is 23.9 Å². The Morgan fingerprint density at radius 1 is 1.50 bits per heavy atom. The first-order valence-corrected chi connectivity index (χ1v) is 6.76. The Hall–Kier alpha value is -0.900. The lowest BCUT2D eigenvalue weighted by Crippen LogP contribution is -2.16. The van der Waals surface area contributed by atoms with Crippen LogP contribution < -0.4 is 10.1 Å². The molecule has 0 amide bonds. The van der Waals surface area contributed by atoms with E-state index in [0.717, 1.165) is 18.0 Å². The lowest BCUT2D eigenvalue weighted by atomic mass is 10.2. The zero-order valence-corrected chi connectivity index (χ0v) is 11.0. The van der Waals surface area contributed by atoms with E-state index in [9.17, 15) is 0 Å². The molecule has 90 valence electrons.